The van der Waals surface area contributed by atoms with Gasteiger partial charge in [0.05, 0.1) is 0 Å². The van der Waals surface area contributed by atoms with E-state index < -0.39 is 5.97 Å². The molecule has 6 nitrogen and oxygen atoms in total. The molecule has 0 aliphatic rings. The summed E-state index contributed by atoms with van der Waals surface area (Å²) in [4.78, 5) is 21.2. The minimum absolute atomic E-state index is 0.113. The van der Waals surface area contributed by atoms with Gasteiger partial charge in [-0.2, -0.15) is 0 Å². The molecule has 0 bridgehead atoms. The van der Waals surface area contributed by atoms with E-state index in [1.807, 2.05) is 62.2 Å². The zero-order chi connectivity index (χ0) is 16.9. The molecule has 0 amide bonds. The van der Waals surface area contributed by atoms with Crippen molar-refractivity contribution >= 4 is 23.3 Å². The van der Waals surface area contributed by atoms with Gasteiger partial charge in [-0.25, -0.2) is 9.97 Å². The first-order valence-electron chi connectivity index (χ1n) is 7.48. The molecule has 23 heavy (non-hydrogen) atoms. The Balaban J connectivity index is 2.12. The number of anilines is 3. The Hall–Kier alpha value is -2.63. The lowest BCUT2D eigenvalue weighted by Gasteiger charge is -2.27. The van der Waals surface area contributed by atoms with Gasteiger partial charge in [0.1, 0.15) is 18.0 Å². The molecule has 122 valence electrons. The van der Waals surface area contributed by atoms with Crippen LogP contribution in [0.4, 0.5) is 17.3 Å². The molecule has 2 rings (SSSR count). The Morgan fingerprint density at radius 3 is 2.61 bits per heavy atom. The Bertz CT molecular complexity index is 659. The van der Waals surface area contributed by atoms with Crippen LogP contribution < -0.4 is 10.2 Å². The SMILES string of the molecule is CN(c1ccccc1)c1cc(NC(C)(C)CCC(=O)O)ncn1. The fourth-order valence-electron chi connectivity index (χ4n) is 2.21. The molecule has 0 saturated heterocycles. The molecule has 1 heterocycles. The van der Waals surface area contributed by atoms with Gasteiger partial charge in [0.15, 0.2) is 0 Å². The van der Waals surface area contributed by atoms with E-state index >= 15 is 0 Å². The third kappa shape index (κ3) is 4.95. The lowest BCUT2D eigenvalue weighted by molar-refractivity contribution is -0.137. The van der Waals surface area contributed by atoms with Gasteiger partial charge in [0, 0.05) is 30.8 Å². The largest absolute Gasteiger partial charge is 0.481 e. The maximum atomic E-state index is 10.7. The van der Waals surface area contributed by atoms with Crippen molar-refractivity contribution in [2.45, 2.75) is 32.2 Å². The highest BCUT2D eigenvalue weighted by Crippen LogP contribution is 2.24. The molecule has 6 heteroatoms. The van der Waals surface area contributed by atoms with Crippen LogP contribution in [0.25, 0.3) is 0 Å². The monoisotopic (exact) mass is 314 g/mol. The summed E-state index contributed by atoms with van der Waals surface area (Å²) in [6.45, 7) is 3.91. The van der Waals surface area contributed by atoms with E-state index in [1.54, 1.807) is 0 Å². The number of hydrogen-bond acceptors (Lipinski definition) is 5. The minimum atomic E-state index is -0.799. The van der Waals surface area contributed by atoms with Crippen molar-refractivity contribution in [2.75, 3.05) is 17.3 Å². The molecular weight excluding hydrogens is 292 g/mol. The first kappa shape index (κ1) is 16.7. The minimum Gasteiger partial charge on any atom is -0.481 e. The predicted octanol–water partition coefficient (Wildman–Crippen LogP) is 3.30. The van der Waals surface area contributed by atoms with Crippen LogP contribution in [0.5, 0.6) is 0 Å². The summed E-state index contributed by atoms with van der Waals surface area (Å²) in [5.41, 5.74) is 0.664. The summed E-state index contributed by atoms with van der Waals surface area (Å²) in [6.07, 6.45) is 2.13. The average Bonchev–Trinajstić information content (AvgIpc) is 2.53. The first-order chi connectivity index (χ1) is 10.9. The summed E-state index contributed by atoms with van der Waals surface area (Å²) in [7, 11) is 1.94. The molecule has 0 radical (unpaired) electrons. The van der Waals surface area contributed by atoms with E-state index in [2.05, 4.69) is 15.3 Å². The van der Waals surface area contributed by atoms with E-state index in [1.165, 1.54) is 6.33 Å². The number of hydrogen-bond donors (Lipinski definition) is 2. The average molecular weight is 314 g/mol. The zero-order valence-electron chi connectivity index (χ0n) is 13.7. The molecule has 2 N–H and O–H groups in total. The zero-order valence-corrected chi connectivity index (χ0v) is 13.7. The van der Waals surface area contributed by atoms with E-state index in [0.717, 1.165) is 11.5 Å². The number of carbonyl (C=O) groups is 1. The van der Waals surface area contributed by atoms with Crippen LogP contribution in [0.3, 0.4) is 0 Å². The Morgan fingerprint density at radius 1 is 1.26 bits per heavy atom. The second-order valence-electron chi connectivity index (χ2n) is 6.06. The highest BCUT2D eigenvalue weighted by atomic mass is 16.4. The number of aliphatic carboxylic acids is 1. The number of benzene rings is 1. The second kappa shape index (κ2) is 7.09. The van der Waals surface area contributed by atoms with Crippen LogP contribution >= 0.6 is 0 Å². The third-order valence-corrected chi connectivity index (χ3v) is 3.57. The van der Waals surface area contributed by atoms with Gasteiger partial charge in [-0.3, -0.25) is 4.79 Å². The summed E-state index contributed by atoms with van der Waals surface area (Å²) < 4.78 is 0. The third-order valence-electron chi connectivity index (χ3n) is 3.57. The molecule has 2 aromatic rings. The summed E-state index contributed by atoms with van der Waals surface area (Å²) >= 11 is 0. The Kier molecular flexibility index (Phi) is 5.16. The van der Waals surface area contributed by atoms with E-state index in [9.17, 15) is 4.79 Å². The van der Waals surface area contributed by atoms with Gasteiger partial charge in [-0.1, -0.05) is 18.2 Å². The molecule has 0 atom stereocenters. The fourth-order valence-corrected chi connectivity index (χ4v) is 2.21. The fraction of sp³-hybridized carbons (Fsp3) is 0.353. The summed E-state index contributed by atoms with van der Waals surface area (Å²) in [6, 6.07) is 11.8. The van der Waals surface area contributed by atoms with Crippen LogP contribution in [0, 0.1) is 0 Å². The lowest BCUT2D eigenvalue weighted by atomic mass is 9.98. The van der Waals surface area contributed by atoms with Gasteiger partial charge in [-0.15, -0.1) is 0 Å². The normalized spacial score (nSPS) is 11.1. The highest BCUT2D eigenvalue weighted by Gasteiger charge is 2.20. The molecule has 0 unspecified atom stereocenters. The van der Waals surface area contributed by atoms with Crippen molar-refractivity contribution < 1.29 is 9.90 Å². The lowest BCUT2D eigenvalue weighted by Crippen LogP contribution is -2.32. The standard InChI is InChI=1S/C17H22N4O2/c1-17(2,10-9-16(22)23)20-14-11-15(19-12-18-14)21(3)13-7-5-4-6-8-13/h4-8,11-12H,9-10H2,1-3H3,(H,22,23)(H,18,19,20). The summed E-state index contributed by atoms with van der Waals surface area (Å²) in [5.74, 6) is 0.642. The van der Waals surface area contributed by atoms with Crippen LogP contribution in [0.2, 0.25) is 0 Å². The number of nitrogens with one attached hydrogen (secondary N) is 1. The van der Waals surface area contributed by atoms with Crippen molar-refractivity contribution in [1.82, 2.24) is 9.97 Å². The molecule has 0 fully saturated rings. The van der Waals surface area contributed by atoms with Crippen molar-refractivity contribution in [2.24, 2.45) is 0 Å². The van der Waals surface area contributed by atoms with Crippen molar-refractivity contribution in [3.8, 4) is 0 Å². The van der Waals surface area contributed by atoms with E-state index in [0.29, 0.717) is 12.2 Å². The molecule has 1 aromatic carbocycles. The maximum absolute atomic E-state index is 10.7. The quantitative estimate of drug-likeness (QED) is 0.816. The van der Waals surface area contributed by atoms with E-state index in [-0.39, 0.29) is 12.0 Å². The van der Waals surface area contributed by atoms with Gasteiger partial charge in [-0.05, 0) is 32.4 Å². The maximum Gasteiger partial charge on any atom is 0.303 e. The van der Waals surface area contributed by atoms with Crippen LogP contribution in [0.15, 0.2) is 42.7 Å². The molecule has 1 aromatic heterocycles. The second-order valence-corrected chi connectivity index (χ2v) is 6.06. The van der Waals surface area contributed by atoms with Crippen LogP contribution in [-0.2, 0) is 4.79 Å². The molecule has 0 saturated carbocycles. The smallest absolute Gasteiger partial charge is 0.303 e. The Labute approximate surface area is 136 Å². The molecule has 0 aliphatic carbocycles. The summed E-state index contributed by atoms with van der Waals surface area (Å²) in [5, 5.41) is 12.1. The molecule has 0 aliphatic heterocycles. The topological polar surface area (TPSA) is 78.4 Å². The number of nitrogens with zero attached hydrogens (tertiary/aromatic N) is 3. The number of rotatable bonds is 7. The highest BCUT2D eigenvalue weighted by molar-refractivity contribution is 5.67. The number of para-hydroxylation sites is 1. The van der Waals surface area contributed by atoms with Gasteiger partial charge in [0.25, 0.3) is 0 Å². The van der Waals surface area contributed by atoms with Crippen molar-refractivity contribution in [3.05, 3.63) is 42.7 Å². The van der Waals surface area contributed by atoms with Crippen LogP contribution in [0.1, 0.15) is 26.7 Å². The van der Waals surface area contributed by atoms with Crippen molar-refractivity contribution in [1.29, 1.82) is 0 Å². The molecular formula is C17H22N4O2. The van der Waals surface area contributed by atoms with Gasteiger partial charge in [0.2, 0.25) is 0 Å². The number of carboxylic acid groups (broad SMARTS) is 1. The van der Waals surface area contributed by atoms with Gasteiger partial charge >= 0.3 is 5.97 Å². The Morgan fingerprint density at radius 2 is 1.96 bits per heavy atom. The number of aromatic nitrogens is 2. The van der Waals surface area contributed by atoms with Gasteiger partial charge < -0.3 is 15.3 Å². The van der Waals surface area contributed by atoms with Crippen molar-refractivity contribution in [3.63, 3.8) is 0 Å². The molecule has 0 spiro atoms. The number of carboxylic acids is 1. The van der Waals surface area contributed by atoms with Crippen LogP contribution in [-0.4, -0.2) is 33.6 Å². The predicted molar refractivity (Wildman–Crippen MR) is 91.1 cm³/mol. The van der Waals surface area contributed by atoms with E-state index in [4.69, 9.17) is 5.11 Å². The first-order valence-corrected chi connectivity index (χ1v) is 7.48.